The van der Waals surface area contributed by atoms with Crippen LogP contribution in [0, 0.1) is 20.8 Å². The van der Waals surface area contributed by atoms with Gasteiger partial charge in [0.15, 0.2) is 0 Å². The monoisotopic (exact) mass is 626 g/mol. The number of morpholine rings is 1. The largest absolute Gasteiger partial charge is 0.381 e. The zero-order chi connectivity index (χ0) is 32.6. The number of pyridine rings is 1. The molecule has 2 N–H and O–H groups in total. The van der Waals surface area contributed by atoms with Gasteiger partial charge in [0.25, 0.3) is 11.5 Å². The van der Waals surface area contributed by atoms with E-state index in [-0.39, 0.29) is 23.4 Å². The minimum absolute atomic E-state index is 0.0402. The summed E-state index contributed by atoms with van der Waals surface area (Å²) in [5.74, 6) is -0.170. The number of nitrogens with one attached hydrogen (secondary N) is 2. The summed E-state index contributed by atoms with van der Waals surface area (Å²) in [6.07, 6.45) is 3.01. The molecular weight excluding hydrogens is 576 g/mol. The minimum atomic E-state index is -0.170. The van der Waals surface area contributed by atoms with Crippen LogP contribution in [-0.4, -0.2) is 67.9 Å². The Morgan fingerprint density at radius 1 is 1.00 bits per heavy atom. The van der Waals surface area contributed by atoms with Crippen LogP contribution in [0.25, 0.3) is 11.1 Å². The van der Waals surface area contributed by atoms with E-state index < -0.39 is 0 Å². The molecule has 2 aliphatic heterocycles. The SMILES string of the molecule is CCN(c1cc(-c2ccc3c(c2)C(C)(C)CC3N2CCOCC2)cc(C(=O)NCc2c(C)cc(C)[nH]c2=O)c1C)C1CCOCC1. The van der Waals surface area contributed by atoms with Crippen LogP contribution in [0.1, 0.15) is 89.9 Å². The molecule has 0 bridgehead atoms. The molecule has 0 radical (unpaired) electrons. The highest BCUT2D eigenvalue weighted by atomic mass is 16.5. The number of H-pyrrole nitrogens is 1. The van der Waals surface area contributed by atoms with E-state index in [1.54, 1.807) is 0 Å². The van der Waals surface area contributed by atoms with E-state index in [9.17, 15) is 9.59 Å². The van der Waals surface area contributed by atoms with Crippen LogP contribution in [-0.2, 0) is 21.4 Å². The summed E-state index contributed by atoms with van der Waals surface area (Å²) in [6.45, 7) is 18.8. The topological polar surface area (TPSA) is 86.9 Å². The van der Waals surface area contributed by atoms with Gasteiger partial charge in [-0.3, -0.25) is 14.5 Å². The number of nitrogens with zero attached hydrogens (tertiary/aromatic N) is 2. The first-order chi connectivity index (χ1) is 22.1. The Morgan fingerprint density at radius 3 is 2.41 bits per heavy atom. The maximum absolute atomic E-state index is 14.0. The number of benzene rings is 2. The van der Waals surface area contributed by atoms with Gasteiger partial charge < -0.3 is 24.7 Å². The average Bonchev–Trinajstić information content (AvgIpc) is 3.32. The van der Waals surface area contributed by atoms with Gasteiger partial charge in [0, 0.05) is 74.0 Å². The van der Waals surface area contributed by atoms with E-state index in [1.807, 2.05) is 26.0 Å². The van der Waals surface area contributed by atoms with Gasteiger partial charge >= 0.3 is 0 Å². The Hall–Kier alpha value is -3.46. The van der Waals surface area contributed by atoms with Crippen LogP contribution < -0.4 is 15.8 Å². The first kappa shape index (κ1) is 32.5. The highest BCUT2D eigenvalue weighted by Crippen LogP contribution is 2.49. The second-order valence-corrected chi connectivity index (χ2v) is 14.0. The van der Waals surface area contributed by atoms with Crippen molar-refractivity contribution in [1.82, 2.24) is 15.2 Å². The van der Waals surface area contributed by atoms with Gasteiger partial charge in [-0.1, -0.05) is 32.0 Å². The van der Waals surface area contributed by atoms with Crippen LogP contribution in [0.5, 0.6) is 0 Å². The Balaban J connectivity index is 1.39. The number of anilines is 1. The number of aromatic amines is 1. The maximum Gasteiger partial charge on any atom is 0.253 e. The number of hydrogen-bond donors (Lipinski definition) is 2. The molecule has 246 valence electrons. The molecule has 8 heteroatoms. The molecule has 6 rings (SSSR count). The summed E-state index contributed by atoms with van der Waals surface area (Å²) < 4.78 is 11.4. The number of carbonyl (C=O) groups excluding carboxylic acids is 1. The van der Waals surface area contributed by atoms with Gasteiger partial charge in [0.2, 0.25) is 0 Å². The molecule has 2 fully saturated rings. The molecule has 1 amide bonds. The smallest absolute Gasteiger partial charge is 0.253 e. The van der Waals surface area contributed by atoms with Crippen LogP contribution in [0.2, 0.25) is 0 Å². The van der Waals surface area contributed by atoms with Gasteiger partial charge in [-0.15, -0.1) is 0 Å². The Labute approximate surface area is 273 Å². The summed E-state index contributed by atoms with van der Waals surface area (Å²) in [6, 6.07) is 13.9. The fourth-order valence-electron chi connectivity index (χ4n) is 7.92. The first-order valence-corrected chi connectivity index (χ1v) is 17.0. The predicted molar refractivity (Wildman–Crippen MR) is 184 cm³/mol. The highest BCUT2D eigenvalue weighted by molar-refractivity contribution is 5.99. The quantitative estimate of drug-likeness (QED) is 0.321. The number of amides is 1. The number of aryl methyl sites for hydroxylation is 2. The van der Waals surface area contributed by atoms with Gasteiger partial charge in [-0.25, -0.2) is 0 Å². The third kappa shape index (κ3) is 6.40. The number of rotatable bonds is 8. The lowest BCUT2D eigenvalue weighted by Crippen LogP contribution is -2.40. The fourth-order valence-corrected chi connectivity index (χ4v) is 7.92. The summed E-state index contributed by atoms with van der Waals surface area (Å²) >= 11 is 0. The zero-order valence-electron chi connectivity index (χ0n) is 28.4. The van der Waals surface area contributed by atoms with Crippen LogP contribution in [0.4, 0.5) is 5.69 Å². The van der Waals surface area contributed by atoms with Gasteiger partial charge in [0.05, 0.1) is 13.2 Å². The lowest BCUT2D eigenvalue weighted by atomic mass is 9.84. The number of hydrogen-bond acceptors (Lipinski definition) is 6. The summed E-state index contributed by atoms with van der Waals surface area (Å²) in [4.78, 5) is 34.6. The van der Waals surface area contributed by atoms with Crippen LogP contribution in [0.3, 0.4) is 0 Å². The molecule has 46 heavy (non-hydrogen) atoms. The summed E-state index contributed by atoms with van der Waals surface area (Å²) in [5.41, 5.74) is 9.81. The van der Waals surface area contributed by atoms with E-state index in [4.69, 9.17) is 9.47 Å². The molecule has 1 atom stereocenters. The van der Waals surface area contributed by atoms with Crippen LogP contribution in [0.15, 0.2) is 41.2 Å². The third-order valence-corrected chi connectivity index (χ3v) is 10.5. The van der Waals surface area contributed by atoms with Crippen molar-refractivity contribution >= 4 is 11.6 Å². The van der Waals surface area contributed by atoms with E-state index in [1.165, 1.54) is 11.1 Å². The molecule has 1 aromatic heterocycles. The fraction of sp³-hybridized carbons (Fsp3) is 0.526. The second-order valence-electron chi connectivity index (χ2n) is 14.0. The second kappa shape index (κ2) is 13.3. The van der Waals surface area contributed by atoms with E-state index >= 15 is 0 Å². The summed E-state index contributed by atoms with van der Waals surface area (Å²) in [7, 11) is 0. The first-order valence-electron chi connectivity index (χ1n) is 17.0. The summed E-state index contributed by atoms with van der Waals surface area (Å²) in [5, 5.41) is 3.08. The standard InChI is InChI=1S/C38H50N4O4/c1-7-42(29-10-14-45-15-11-29)34-21-28(19-31(26(34)4)36(43)39-23-32-24(2)18-25(3)40-37(32)44)27-8-9-30-33(20-27)38(5,6)22-35(30)41-12-16-46-17-13-41/h8-9,18-21,29,35H,7,10-17,22-23H2,1-6H3,(H,39,43)(H,40,44). The molecule has 3 aliphatic rings. The van der Waals surface area contributed by atoms with E-state index in [2.05, 4.69) is 72.1 Å². The molecular formula is C38H50N4O4. The lowest BCUT2D eigenvalue weighted by molar-refractivity contribution is 0.0139. The van der Waals surface area contributed by atoms with Crippen molar-refractivity contribution in [2.24, 2.45) is 0 Å². The molecule has 3 aromatic rings. The van der Waals surface area contributed by atoms with Gasteiger partial charge in [0.1, 0.15) is 0 Å². The van der Waals surface area contributed by atoms with Crippen molar-refractivity contribution in [2.75, 3.05) is 51.0 Å². The molecule has 1 unspecified atom stereocenters. The highest BCUT2D eigenvalue weighted by Gasteiger charge is 2.40. The van der Waals surface area contributed by atoms with Crippen molar-refractivity contribution in [3.8, 4) is 11.1 Å². The Bertz CT molecular complexity index is 1650. The molecule has 1 aliphatic carbocycles. The van der Waals surface area contributed by atoms with Crippen molar-refractivity contribution in [2.45, 2.75) is 84.8 Å². The molecule has 3 heterocycles. The third-order valence-electron chi connectivity index (χ3n) is 10.5. The van der Waals surface area contributed by atoms with E-state index in [0.717, 1.165) is 99.0 Å². The molecule has 0 saturated carbocycles. The Kier molecular flexibility index (Phi) is 9.42. The van der Waals surface area contributed by atoms with Gasteiger partial charge in [-0.2, -0.15) is 0 Å². The van der Waals surface area contributed by atoms with Crippen molar-refractivity contribution in [3.05, 3.63) is 85.8 Å². The number of ether oxygens (including phenoxy) is 2. The number of fused-ring (bicyclic) bond motifs is 1. The predicted octanol–water partition coefficient (Wildman–Crippen LogP) is 5.96. The molecule has 8 nitrogen and oxygen atoms in total. The van der Waals surface area contributed by atoms with Crippen LogP contribution >= 0.6 is 0 Å². The maximum atomic E-state index is 14.0. The normalized spacial score (nSPS) is 20.0. The number of carbonyl (C=O) groups is 1. The average molecular weight is 627 g/mol. The van der Waals surface area contributed by atoms with Gasteiger partial charge in [-0.05, 0) is 104 Å². The van der Waals surface area contributed by atoms with Crippen molar-refractivity contribution in [1.29, 1.82) is 0 Å². The Morgan fingerprint density at radius 2 is 1.72 bits per heavy atom. The molecule has 2 aromatic carbocycles. The zero-order valence-corrected chi connectivity index (χ0v) is 28.4. The lowest BCUT2D eigenvalue weighted by Gasteiger charge is -2.37. The molecule has 2 saturated heterocycles. The van der Waals surface area contributed by atoms with E-state index in [0.29, 0.717) is 23.2 Å². The molecule has 0 spiro atoms. The minimum Gasteiger partial charge on any atom is -0.381 e. The van der Waals surface area contributed by atoms with Crippen molar-refractivity contribution in [3.63, 3.8) is 0 Å². The van der Waals surface area contributed by atoms with Crippen molar-refractivity contribution < 1.29 is 14.3 Å². The number of aromatic nitrogens is 1.